The van der Waals surface area contributed by atoms with Crippen molar-refractivity contribution in [3.05, 3.63) is 107 Å². The summed E-state index contributed by atoms with van der Waals surface area (Å²) in [4.78, 5) is 5.05. The van der Waals surface area contributed by atoms with Crippen molar-refractivity contribution >= 4 is 17.1 Å². The van der Waals surface area contributed by atoms with Crippen molar-refractivity contribution < 1.29 is 0 Å². The number of hydrogen-bond donors (Lipinski definition) is 1. The van der Waals surface area contributed by atoms with Gasteiger partial charge in [0.2, 0.25) is 0 Å². The molecule has 0 aliphatic heterocycles. The quantitative estimate of drug-likeness (QED) is 0.598. The second-order valence-electron chi connectivity index (χ2n) is 6.47. The Morgan fingerprint density at radius 3 is 1.73 bits per heavy atom. The summed E-state index contributed by atoms with van der Waals surface area (Å²) in [5, 5.41) is 0. The number of aryl methyl sites for hydroxylation is 2. The smallest absolute Gasteiger partial charge is 0.0759 e. The van der Waals surface area contributed by atoms with Crippen LogP contribution in [0.3, 0.4) is 0 Å². The average molecular weight is 340 g/mol. The Labute approximate surface area is 155 Å². The van der Waals surface area contributed by atoms with Crippen molar-refractivity contribution in [3.63, 3.8) is 0 Å². The highest BCUT2D eigenvalue weighted by molar-refractivity contribution is 6.17. The zero-order valence-electron chi connectivity index (χ0n) is 15.5. The third-order valence-corrected chi connectivity index (χ3v) is 4.55. The lowest BCUT2D eigenvalue weighted by molar-refractivity contribution is 1.31. The predicted octanol–water partition coefficient (Wildman–Crippen LogP) is 5.81. The van der Waals surface area contributed by atoms with Crippen molar-refractivity contribution in [1.29, 1.82) is 0 Å². The van der Waals surface area contributed by atoms with Gasteiger partial charge in [-0.3, -0.25) is 0 Å². The summed E-state index contributed by atoms with van der Waals surface area (Å²) in [7, 11) is 0. The van der Waals surface area contributed by atoms with Gasteiger partial charge in [0.25, 0.3) is 0 Å². The Morgan fingerprint density at radius 2 is 1.19 bits per heavy atom. The van der Waals surface area contributed by atoms with Crippen molar-refractivity contribution in [2.24, 2.45) is 10.7 Å². The van der Waals surface area contributed by atoms with Crippen LogP contribution in [-0.2, 0) is 0 Å². The van der Waals surface area contributed by atoms with Crippen LogP contribution < -0.4 is 5.73 Å². The molecule has 0 unspecified atom stereocenters. The van der Waals surface area contributed by atoms with E-state index < -0.39 is 0 Å². The van der Waals surface area contributed by atoms with Gasteiger partial charge in [0.1, 0.15) is 0 Å². The molecule has 3 aromatic rings. The third-order valence-electron chi connectivity index (χ3n) is 4.55. The Hall–Kier alpha value is -3.13. The van der Waals surface area contributed by atoms with Gasteiger partial charge in [-0.05, 0) is 43.0 Å². The maximum absolute atomic E-state index is 6.51. The fourth-order valence-electron chi connectivity index (χ4n) is 3.02. The maximum atomic E-state index is 6.51. The topological polar surface area (TPSA) is 38.4 Å². The minimum Gasteiger partial charge on any atom is -0.398 e. The van der Waals surface area contributed by atoms with E-state index in [4.69, 9.17) is 10.7 Å². The average Bonchev–Trinajstić information content (AvgIpc) is 2.68. The standard InChI is InChI=1S/C24H24N2/c1-17-11-10-12-18(2)23(17)26-24(21-15-8-5-9-16-21)19(3)22(25)20-13-6-4-7-14-20/h4-16H,25H2,1-3H3/b22-19-,26-24?. The highest BCUT2D eigenvalue weighted by Crippen LogP contribution is 2.27. The minimum atomic E-state index is 0.749. The molecule has 0 bridgehead atoms. The van der Waals surface area contributed by atoms with Crippen LogP contribution in [-0.4, -0.2) is 5.71 Å². The van der Waals surface area contributed by atoms with E-state index in [1.165, 1.54) is 0 Å². The molecule has 3 rings (SSSR count). The van der Waals surface area contributed by atoms with Crippen LogP contribution in [0.1, 0.15) is 29.2 Å². The molecular weight excluding hydrogens is 316 g/mol. The molecule has 0 aliphatic rings. The number of allylic oxidation sites excluding steroid dienone is 1. The molecule has 0 atom stereocenters. The lowest BCUT2D eigenvalue weighted by Gasteiger charge is -2.14. The molecule has 0 saturated carbocycles. The number of aliphatic imine (C=N–C) groups is 1. The van der Waals surface area contributed by atoms with Crippen LogP contribution in [0.2, 0.25) is 0 Å². The summed E-state index contributed by atoms with van der Waals surface area (Å²) >= 11 is 0. The Bertz CT molecular complexity index is 932. The minimum absolute atomic E-state index is 0.749. The first-order valence-electron chi connectivity index (χ1n) is 8.80. The Kier molecular flexibility index (Phi) is 5.33. The molecule has 0 saturated heterocycles. The lowest BCUT2D eigenvalue weighted by atomic mass is 9.98. The number of hydrogen-bond acceptors (Lipinski definition) is 2. The largest absolute Gasteiger partial charge is 0.398 e. The van der Waals surface area contributed by atoms with Crippen LogP contribution in [0.25, 0.3) is 5.70 Å². The first-order valence-corrected chi connectivity index (χ1v) is 8.80. The molecule has 2 N–H and O–H groups in total. The summed E-state index contributed by atoms with van der Waals surface area (Å²) in [6.45, 7) is 6.23. The van der Waals surface area contributed by atoms with Crippen LogP contribution in [0.5, 0.6) is 0 Å². The number of benzene rings is 3. The number of rotatable bonds is 4. The first kappa shape index (κ1) is 17.7. The van der Waals surface area contributed by atoms with Gasteiger partial charge >= 0.3 is 0 Å². The Balaban J connectivity index is 2.21. The van der Waals surface area contributed by atoms with Gasteiger partial charge in [0, 0.05) is 11.3 Å². The summed E-state index contributed by atoms with van der Waals surface area (Å²) in [5.74, 6) is 0. The highest BCUT2D eigenvalue weighted by atomic mass is 14.8. The van der Waals surface area contributed by atoms with Gasteiger partial charge in [-0.2, -0.15) is 0 Å². The monoisotopic (exact) mass is 340 g/mol. The third kappa shape index (κ3) is 3.75. The molecule has 3 aromatic carbocycles. The van der Waals surface area contributed by atoms with E-state index in [1.54, 1.807) is 0 Å². The number of para-hydroxylation sites is 1. The van der Waals surface area contributed by atoms with E-state index in [0.717, 1.165) is 44.9 Å². The molecule has 0 fully saturated rings. The fourth-order valence-corrected chi connectivity index (χ4v) is 3.02. The van der Waals surface area contributed by atoms with Crippen LogP contribution in [0.15, 0.2) is 89.4 Å². The summed E-state index contributed by atoms with van der Waals surface area (Å²) < 4.78 is 0. The molecule has 0 amide bonds. The molecular formula is C24H24N2. The molecule has 2 nitrogen and oxygen atoms in total. The van der Waals surface area contributed by atoms with E-state index >= 15 is 0 Å². The van der Waals surface area contributed by atoms with Crippen molar-refractivity contribution in [3.8, 4) is 0 Å². The molecule has 2 heteroatoms. The van der Waals surface area contributed by atoms with Crippen LogP contribution in [0, 0.1) is 13.8 Å². The summed E-state index contributed by atoms with van der Waals surface area (Å²) in [5.41, 5.74) is 14.5. The van der Waals surface area contributed by atoms with Crippen molar-refractivity contribution in [2.75, 3.05) is 0 Å². The molecule has 26 heavy (non-hydrogen) atoms. The van der Waals surface area contributed by atoms with Crippen molar-refractivity contribution in [2.45, 2.75) is 20.8 Å². The van der Waals surface area contributed by atoms with Crippen LogP contribution in [0.4, 0.5) is 5.69 Å². The summed E-state index contributed by atoms with van der Waals surface area (Å²) in [6, 6.07) is 26.5. The molecule has 130 valence electrons. The van der Waals surface area contributed by atoms with Crippen LogP contribution >= 0.6 is 0 Å². The van der Waals surface area contributed by atoms with E-state index in [0.29, 0.717) is 0 Å². The fraction of sp³-hybridized carbons (Fsp3) is 0.125. The van der Waals surface area contributed by atoms with Crippen molar-refractivity contribution in [1.82, 2.24) is 0 Å². The lowest BCUT2D eigenvalue weighted by Crippen LogP contribution is -2.10. The van der Waals surface area contributed by atoms with Gasteiger partial charge in [-0.1, -0.05) is 78.9 Å². The van der Waals surface area contributed by atoms with E-state index in [9.17, 15) is 0 Å². The zero-order valence-corrected chi connectivity index (χ0v) is 15.5. The summed E-state index contributed by atoms with van der Waals surface area (Å²) in [6.07, 6.45) is 0. The normalized spacial score (nSPS) is 12.7. The van der Waals surface area contributed by atoms with Gasteiger partial charge in [0.05, 0.1) is 11.4 Å². The van der Waals surface area contributed by atoms with Gasteiger partial charge < -0.3 is 5.73 Å². The molecule has 0 spiro atoms. The number of nitrogens with two attached hydrogens (primary N) is 1. The predicted molar refractivity (Wildman–Crippen MR) is 112 cm³/mol. The molecule has 0 aliphatic carbocycles. The number of nitrogens with zero attached hydrogens (tertiary/aromatic N) is 1. The van der Waals surface area contributed by atoms with E-state index in [2.05, 4.69) is 44.2 Å². The highest BCUT2D eigenvalue weighted by Gasteiger charge is 2.12. The van der Waals surface area contributed by atoms with Gasteiger partial charge in [-0.15, -0.1) is 0 Å². The molecule has 0 heterocycles. The second kappa shape index (κ2) is 7.83. The van der Waals surface area contributed by atoms with E-state index in [-0.39, 0.29) is 0 Å². The van der Waals surface area contributed by atoms with E-state index in [1.807, 2.05) is 55.5 Å². The molecule has 0 aromatic heterocycles. The second-order valence-corrected chi connectivity index (χ2v) is 6.47. The Morgan fingerprint density at radius 1 is 0.692 bits per heavy atom. The SMILES string of the molecule is C/C(C(=Nc1c(C)cccc1C)c1ccccc1)=C(/N)c1ccccc1. The maximum Gasteiger partial charge on any atom is 0.0759 e. The van der Waals surface area contributed by atoms with Gasteiger partial charge in [-0.25, -0.2) is 4.99 Å². The zero-order chi connectivity index (χ0) is 18.5. The first-order chi connectivity index (χ1) is 12.6. The van der Waals surface area contributed by atoms with Gasteiger partial charge in [0.15, 0.2) is 0 Å². The molecule has 0 radical (unpaired) electrons.